The van der Waals surface area contributed by atoms with Crippen LogP contribution >= 0.6 is 0 Å². The molecule has 0 aromatic carbocycles. The summed E-state index contributed by atoms with van der Waals surface area (Å²) in [6.45, 7) is 21.2. The Hall–Kier alpha value is -0.210. The second kappa shape index (κ2) is 47.8. The van der Waals surface area contributed by atoms with Crippen molar-refractivity contribution in [2.75, 3.05) is 39.3 Å². The maximum atomic E-state index is 8.74. The zero-order valence-electron chi connectivity index (χ0n) is 35.9. The molecule has 7 heteroatoms. The molecule has 0 spiro atoms. The zero-order chi connectivity index (χ0) is 38.5. The molecular weight excluding hydrogens is 653 g/mol. The van der Waals surface area contributed by atoms with E-state index in [9.17, 15) is 0 Å². The lowest BCUT2D eigenvalue weighted by molar-refractivity contribution is 0.295. The molecule has 0 amide bonds. The van der Waals surface area contributed by atoms with Gasteiger partial charge in [-0.2, -0.15) is 8.42 Å². The van der Waals surface area contributed by atoms with E-state index in [0.717, 1.165) is 0 Å². The molecule has 0 aliphatic carbocycles. The highest BCUT2D eigenvalue weighted by atomic mass is 32.3. The maximum absolute atomic E-state index is 8.74. The second-order valence-corrected chi connectivity index (χ2v) is 16.0. The Morgan fingerprint density at radius 2 is 0.431 bits per heavy atom. The van der Waals surface area contributed by atoms with Crippen molar-refractivity contribution in [1.82, 2.24) is 9.80 Å². The van der Waals surface area contributed by atoms with Crippen LogP contribution in [0.25, 0.3) is 0 Å². The molecule has 0 unspecified atom stereocenters. The summed E-state index contributed by atoms with van der Waals surface area (Å²) < 4.78 is 31.6. The first-order chi connectivity index (χ1) is 24.7. The van der Waals surface area contributed by atoms with Gasteiger partial charge in [0.2, 0.25) is 0 Å². The molecule has 6 nitrogen and oxygen atoms in total. The molecule has 0 fully saturated rings. The number of hydrogen-bond donors (Lipinski definition) is 2. The van der Waals surface area contributed by atoms with Crippen molar-refractivity contribution in [3.05, 3.63) is 0 Å². The van der Waals surface area contributed by atoms with Gasteiger partial charge in [0.15, 0.2) is 0 Å². The summed E-state index contributed by atoms with van der Waals surface area (Å²) in [4.78, 5) is 5.09. The lowest BCUT2D eigenvalue weighted by Gasteiger charge is -2.17. The van der Waals surface area contributed by atoms with E-state index in [4.69, 9.17) is 17.5 Å². The highest BCUT2D eigenvalue weighted by Gasteiger charge is 2.00. The Balaban J connectivity index is -0.000000796. The fraction of sp³-hybridized carbons (Fsp3) is 1.00. The second-order valence-electron chi connectivity index (χ2n) is 15.1. The predicted molar refractivity (Wildman–Crippen MR) is 229 cm³/mol. The molecule has 0 saturated heterocycles. The monoisotopic (exact) mass is 749 g/mol. The van der Waals surface area contributed by atoms with Crippen LogP contribution in [0.3, 0.4) is 0 Å². The number of hydrogen-bond acceptors (Lipinski definition) is 4. The summed E-state index contributed by atoms with van der Waals surface area (Å²) >= 11 is 0. The SMILES string of the molecule is CCCCCCCCCCCCCCCCCCN(CC)CC.CCCCCCCCCCCCCCCCCCN(CC)CC.O=S(=O)(O)O. The standard InChI is InChI=1S/2C22H47N.H2O4S/c2*1-4-7-8-9-10-11-12-13-14-15-16-17-18-19-20-21-22-23(5-2)6-3;1-5(2,3)4/h2*4-22H2,1-3H3;(H2,1,2,3,4). The van der Waals surface area contributed by atoms with Crippen LogP contribution in [-0.4, -0.2) is 66.6 Å². The van der Waals surface area contributed by atoms with Crippen molar-refractivity contribution >= 4 is 10.4 Å². The zero-order valence-corrected chi connectivity index (χ0v) is 36.7. The van der Waals surface area contributed by atoms with Crippen LogP contribution in [0, 0.1) is 0 Å². The largest absolute Gasteiger partial charge is 0.394 e. The van der Waals surface area contributed by atoms with Crippen LogP contribution < -0.4 is 0 Å². The van der Waals surface area contributed by atoms with Crippen molar-refractivity contribution in [3.63, 3.8) is 0 Å². The highest BCUT2D eigenvalue weighted by Crippen LogP contribution is 2.15. The number of unbranched alkanes of at least 4 members (excludes halogenated alkanes) is 30. The Kier molecular flexibility index (Phi) is 51.7. The molecule has 0 aliphatic rings. The summed E-state index contributed by atoms with van der Waals surface area (Å²) in [5.41, 5.74) is 0. The molecular formula is C44H96N2O4S. The van der Waals surface area contributed by atoms with Gasteiger partial charge in [-0.25, -0.2) is 0 Å². The normalized spacial score (nSPS) is 11.5. The molecule has 0 heterocycles. The van der Waals surface area contributed by atoms with E-state index in [1.54, 1.807) is 0 Å². The van der Waals surface area contributed by atoms with Gasteiger partial charge in [0, 0.05) is 0 Å². The summed E-state index contributed by atoms with van der Waals surface area (Å²) in [5, 5.41) is 0. The van der Waals surface area contributed by atoms with Gasteiger partial charge in [-0.1, -0.05) is 234 Å². The van der Waals surface area contributed by atoms with Crippen molar-refractivity contribution in [3.8, 4) is 0 Å². The molecule has 0 aromatic rings. The van der Waals surface area contributed by atoms with Crippen LogP contribution in [-0.2, 0) is 10.4 Å². The van der Waals surface area contributed by atoms with Crippen LogP contribution in [0.1, 0.15) is 247 Å². The topological polar surface area (TPSA) is 81.1 Å². The van der Waals surface area contributed by atoms with E-state index in [1.807, 2.05) is 0 Å². The molecule has 0 aliphatic heterocycles. The molecule has 0 bridgehead atoms. The lowest BCUT2D eigenvalue weighted by Crippen LogP contribution is -2.23. The minimum absolute atomic E-state index is 1.22. The molecule has 0 rings (SSSR count). The first-order valence-corrected chi connectivity index (χ1v) is 24.2. The molecule has 0 atom stereocenters. The first kappa shape index (κ1) is 55.1. The van der Waals surface area contributed by atoms with Crippen molar-refractivity contribution < 1.29 is 17.5 Å². The molecule has 2 N–H and O–H groups in total. The minimum atomic E-state index is -4.67. The van der Waals surface area contributed by atoms with Crippen LogP contribution in [0.15, 0.2) is 0 Å². The molecule has 0 radical (unpaired) electrons. The Labute approximate surface area is 323 Å². The predicted octanol–water partition coefficient (Wildman–Crippen LogP) is 14.5. The molecule has 312 valence electrons. The molecule has 0 saturated carbocycles. The minimum Gasteiger partial charge on any atom is -0.304 e. The van der Waals surface area contributed by atoms with Crippen LogP contribution in [0.4, 0.5) is 0 Å². The van der Waals surface area contributed by atoms with Gasteiger partial charge in [-0.15, -0.1) is 0 Å². The van der Waals surface area contributed by atoms with E-state index in [1.165, 1.54) is 245 Å². The van der Waals surface area contributed by atoms with Crippen LogP contribution in [0.2, 0.25) is 0 Å². The third-order valence-electron chi connectivity index (χ3n) is 10.4. The van der Waals surface area contributed by atoms with Gasteiger partial charge >= 0.3 is 10.4 Å². The van der Waals surface area contributed by atoms with Gasteiger partial charge in [0.05, 0.1) is 0 Å². The third kappa shape index (κ3) is 59.3. The van der Waals surface area contributed by atoms with Gasteiger partial charge in [-0.3, -0.25) is 9.11 Å². The van der Waals surface area contributed by atoms with Gasteiger partial charge in [-0.05, 0) is 52.1 Å². The first-order valence-electron chi connectivity index (χ1n) is 22.8. The molecule has 51 heavy (non-hydrogen) atoms. The lowest BCUT2D eigenvalue weighted by atomic mass is 10.0. The van der Waals surface area contributed by atoms with Gasteiger partial charge < -0.3 is 9.80 Å². The van der Waals surface area contributed by atoms with E-state index in [2.05, 4.69) is 51.3 Å². The summed E-state index contributed by atoms with van der Waals surface area (Å²) in [6.07, 6.45) is 46.7. The third-order valence-corrected chi connectivity index (χ3v) is 10.4. The summed E-state index contributed by atoms with van der Waals surface area (Å²) in [5.74, 6) is 0. The highest BCUT2D eigenvalue weighted by molar-refractivity contribution is 7.79. The van der Waals surface area contributed by atoms with Crippen molar-refractivity contribution in [2.45, 2.75) is 247 Å². The average Bonchev–Trinajstić information content (AvgIpc) is 3.11. The van der Waals surface area contributed by atoms with Crippen LogP contribution in [0.5, 0.6) is 0 Å². The van der Waals surface area contributed by atoms with Gasteiger partial charge in [0.1, 0.15) is 0 Å². The van der Waals surface area contributed by atoms with Gasteiger partial charge in [0.25, 0.3) is 0 Å². The Morgan fingerprint density at radius 3 is 0.569 bits per heavy atom. The Bertz CT molecular complexity index is 647. The smallest absolute Gasteiger partial charge is 0.304 e. The summed E-state index contributed by atoms with van der Waals surface area (Å²) in [6, 6.07) is 0. The van der Waals surface area contributed by atoms with Crippen molar-refractivity contribution in [1.29, 1.82) is 0 Å². The fourth-order valence-electron chi connectivity index (χ4n) is 6.85. The molecule has 0 aromatic heterocycles. The van der Waals surface area contributed by atoms with E-state index < -0.39 is 10.4 Å². The fourth-order valence-corrected chi connectivity index (χ4v) is 6.85. The number of nitrogens with zero attached hydrogens (tertiary/aromatic N) is 2. The van der Waals surface area contributed by atoms with E-state index >= 15 is 0 Å². The van der Waals surface area contributed by atoms with E-state index in [0.29, 0.717) is 0 Å². The summed E-state index contributed by atoms with van der Waals surface area (Å²) in [7, 11) is -4.67. The average molecular weight is 749 g/mol. The van der Waals surface area contributed by atoms with E-state index in [-0.39, 0.29) is 0 Å². The Morgan fingerprint density at radius 1 is 0.294 bits per heavy atom. The van der Waals surface area contributed by atoms with Crippen molar-refractivity contribution in [2.24, 2.45) is 0 Å². The number of rotatable bonds is 38. The quantitative estimate of drug-likeness (QED) is 0.0483. The maximum Gasteiger partial charge on any atom is 0.394 e.